The minimum atomic E-state index is 0.195. The molecular formula is C11H17ClS. The van der Waals surface area contributed by atoms with Gasteiger partial charge in [-0.25, -0.2) is 0 Å². The van der Waals surface area contributed by atoms with Gasteiger partial charge >= 0.3 is 0 Å². The molecule has 13 heavy (non-hydrogen) atoms. The lowest BCUT2D eigenvalue weighted by atomic mass is 9.95. The Bertz CT molecular complexity index is 270. The van der Waals surface area contributed by atoms with Crippen molar-refractivity contribution in [3.63, 3.8) is 0 Å². The molecule has 0 saturated heterocycles. The van der Waals surface area contributed by atoms with Crippen molar-refractivity contribution in [1.29, 1.82) is 0 Å². The van der Waals surface area contributed by atoms with Crippen LogP contribution < -0.4 is 0 Å². The Kier molecular flexibility index (Phi) is 3.42. The predicted octanol–water partition coefficient (Wildman–Crippen LogP) is 4.74. The third-order valence-corrected chi connectivity index (χ3v) is 4.33. The van der Waals surface area contributed by atoms with Gasteiger partial charge in [-0.2, -0.15) is 0 Å². The minimum absolute atomic E-state index is 0.195. The van der Waals surface area contributed by atoms with Crippen molar-refractivity contribution in [3.05, 3.63) is 21.9 Å². The van der Waals surface area contributed by atoms with Crippen molar-refractivity contribution in [3.8, 4) is 0 Å². The van der Waals surface area contributed by atoms with Gasteiger partial charge in [0.05, 0.1) is 5.38 Å². The maximum atomic E-state index is 6.16. The third kappa shape index (κ3) is 2.72. The Morgan fingerprint density at radius 1 is 1.38 bits per heavy atom. The molecule has 1 unspecified atom stereocenters. The van der Waals surface area contributed by atoms with E-state index in [0.29, 0.717) is 0 Å². The van der Waals surface area contributed by atoms with Gasteiger partial charge in [-0.15, -0.1) is 22.9 Å². The van der Waals surface area contributed by atoms with Gasteiger partial charge in [0.25, 0.3) is 0 Å². The Balaban J connectivity index is 2.87. The summed E-state index contributed by atoms with van der Waals surface area (Å²) in [5.74, 6) is 0. The summed E-state index contributed by atoms with van der Waals surface area (Å²) in [7, 11) is 0. The van der Waals surface area contributed by atoms with Crippen LogP contribution in [0.1, 0.15) is 49.2 Å². The fourth-order valence-electron chi connectivity index (χ4n) is 1.13. The Morgan fingerprint density at radius 2 is 2.00 bits per heavy atom. The lowest BCUT2D eigenvalue weighted by molar-refractivity contribution is 0.604. The van der Waals surface area contributed by atoms with E-state index in [-0.39, 0.29) is 10.8 Å². The molecule has 0 saturated carbocycles. The zero-order chi connectivity index (χ0) is 10.1. The summed E-state index contributed by atoms with van der Waals surface area (Å²) < 4.78 is 0. The first-order chi connectivity index (χ1) is 5.95. The molecule has 0 spiro atoms. The molecule has 0 aliphatic rings. The average molecular weight is 217 g/mol. The van der Waals surface area contributed by atoms with Crippen LogP contribution in [-0.4, -0.2) is 0 Å². The summed E-state index contributed by atoms with van der Waals surface area (Å²) in [5.41, 5.74) is 0.257. The van der Waals surface area contributed by atoms with Crippen molar-refractivity contribution in [1.82, 2.24) is 0 Å². The van der Waals surface area contributed by atoms with Crippen molar-refractivity contribution in [2.45, 2.75) is 44.9 Å². The number of halogens is 1. The fourth-order valence-corrected chi connectivity index (χ4v) is 2.46. The maximum Gasteiger partial charge on any atom is 0.0676 e. The van der Waals surface area contributed by atoms with Crippen LogP contribution >= 0.6 is 22.9 Å². The van der Waals surface area contributed by atoms with Crippen molar-refractivity contribution in [2.75, 3.05) is 0 Å². The highest BCUT2D eigenvalue weighted by molar-refractivity contribution is 7.12. The van der Waals surface area contributed by atoms with E-state index < -0.39 is 0 Å². The Morgan fingerprint density at radius 3 is 2.38 bits per heavy atom. The van der Waals surface area contributed by atoms with Gasteiger partial charge in [-0.3, -0.25) is 0 Å². The molecule has 0 radical (unpaired) electrons. The molecule has 74 valence electrons. The standard InChI is InChI=1S/C11H17ClS/c1-5-8(12)9-6-7-10(13-9)11(2,3)4/h6-8H,5H2,1-4H3. The van der Waals surface area contributed by atoms with Crippen molar-refractivity contribution < 1.29 is 0 Å². The predicted molar refractivity (Wildman–Crippen MR) is 61.9 cm³/mol. The van der Waals surface area contributed by atoms with Crippen LogP contribution in [0.2, 0.25) is 0 Å². The van der Waals surface area contributed by atoms with E-state index in [9.17, 15) is 0 Å². The molecule has 0 amide bonds. The second-order valence-electron chi connectivity index (χ2n) is 4.33. The summed E-state index contributed by atoms with van der Waals surface area (Å²) in [6, 6.07) is 4.36. The molecule has 0 aliphatic carbocycles. The van der Waals surface area contributed by atoms with Crippen LogP contribution in [0.15, 0.2) is 12.1 Å². The van der Waals surface area contributed by atoms with E-state index in [1.807, 2.05) is 11.3 Å². The highest BCUT2D eigenvalue weighted by Crippen LogP contribution is 2.35. The number of rotatable bonds is 2. The highest BCUT2D eigenvalue weighted by Gasteiger charge is 2.17. The quantitative estimate of drug-likeness (QED) is 0.627. The molecule has 1 rings (SSSR count). The Hall–Kier alpha value is -0.0100. The van der Waals surface area contributed by atoms with Crippen LogP contribution in [0.5, 0.6) is 0 Å². The molecular weight excluding hydrogens is 200 g/mol. The molecule has 0 bridgehead atoms. The molecule has 1 heterocycles. The summed E-state index contributed by atoms with van der Waals surface area (Å²) in [6.45, 7) is 8.82. The van der Waals surface area contributed by atoms with Crippen molar-refractivity contribution >= 4 is 22.9 Å². The second kappa shape index (κ2) is 4.02. The van der Waals surface area contributed by atoms with E-state index >= 15 is 0 Å². The average Bonchev–Trinajstić information content (AvgIpc) is 2.50. The largest absolute Gasteiger partial charge is 0.143 e. The van der Waals surface area contributed by atoms with Gasteiger partial charge in [0.1, 0.15) is 0 Å². The topological polar surface area (TPSA) is 0 Å². The first kappa shape index (κ1) is 11.1. The first-order valence-corrected chi connectivity index (χ1v) is 5.94. The van der Waals surface area contributed by atoms with Gasteiger partial charge < -0.3 is 0 Å². The zero-order valence-electron chi connectivity index (χ0n) is 8.73. The normalized spacial score (nSPS) is 14.5. The van der Waals surface area contributed by atoms with E-state index in [0.717, 1.165) is 6.42 Å². The molecule has 1 aromatic rings. The lowest BCUT2D eigenvalue weighted by Gasteiger charge is -2.15. The van der Waals surface area contributed by atoms with Crippen LogP contribution in [0.3, 0.4) is 0 Å². The second-order valence-corrected chi connectivity index (χ2v) is 5.97. The summed E-state index contributed by atoms with van der Waals surface area (Å²) in [6.07, 6.45) is 1.01. The van der Waals surface area contributed by atoms with Gasteiger partial charge in [-0.05, 0) is 24.0 Å². The fraction of sp³-hybridized carbons (Fsp3) is 0.636. The number of thiophene rings is 1. The molecule has 1 aromatic heterocycles. The van der Waals surface area contributed by atoms with Crippen LogP contribution in [0, 0.1) is 0 Å². The van der Waals surface area contributed by atoms with Crippen molar-refractivity contribution in [2.24, 2.45) is 0 Å². The molecule has 0 fully saturated rings. The summed E-state index contributed by atoms with van der Waals surface area (Å²) >= 11 is 8.01. The number of hydrogen-bond acceptors (Lipinski definition) is 1. The number of alkyl halides is 1. The van der Waals surface area contributed by atoms with E-state index in [1.165, 1.54) is 9.75 Å². The molecule has 2 heteroatoms. The monoisotopic (exact) mass is 216 g/mol. The van der Waals surface area contributed by atoms with E-state index in [1.54, 1.807) is 0 Å². The molecule has 1 atom stereocenters. The van der Waals surface area contributed by atoms with E-state index in [2.05, 4.69) is 39.8 Å². The van der Waals surface area contributed by atoms with Crippen LogP contribution in [0.25, 0.3) is 0 Å². The molecule has 0 N–H and O–H groups in total. The van der Waals surface area contributed by atoms with Gasteiger partial charge in [0.2, 0.25) is 0 Å². The molecule has 0 nitrogen and oxygen atoms in total. The zero-order valence-corrected chi connectivity index (χ0v) is 10.3. The minimum Gasteiger partial charge on any atom is -0.143 e. The van der Waals surface area contributed by atoms with Gasteiger partial charge in [0, 0.05) is 9.75 Å². The highest BCUT2D eigenvalue weighted by atomic mass is 35.5. The molecule has 0 aromatic carbocycles. The van der Waals surface area contributed by atoms with Crippen LogP contribution in [0.4, 0.5) is 0 Å². The molecule has 0 aliphatic heterocycles. The first-order valence-electron chi connectivity index (χ1n) is 4.69. The Labute approximate surface area is 89.9 Å². The third-order valence-electron chi connectivity index (χ3n) is 2.03. The lowest BCUT2D eigenvalue weighted by Crippen LogP contribution is -2.07. The summed E-state index contributed by atoms with van der Waals surface area (Å²) in [4.78, 5) is 2.72. The smallest absolute Gasteiger partial charge is 0.0676 e. The van der Waals surface area contributed by atoms with E-state index in [4.69, 9.17) is 11.6 Å². The number of hydrogen-bond donors (Lipinski definition) is 0. The van der Waals surface area contributed by atoms with Gasteiger partial charge in [0.15, 0.2) is 0 Å². The maximum absolute atomic E-state index is 6.16. The van der Waals surface area contributed by atoms with Gasteiger partial charge in [-0.1, -0.05) is 27.7 Å². The SMILES string of the molecule is CCC(Cl)c1ccc(C(C)(C)C)s1. The van der Waals surface area contributed by atoms with Crippen LogP contribution in [-0.2, 0) is 5.41 Å². The summed E-state index contributed by atoms with van der Waals surface area (Å²) in [5, 5.41) is 0.195.